The molecule has 1 heterocycles. The number of hydrogen-bond donors (Lipinski definition) is 2. The van der Waals surface area contributed by atoms with Crippen molar-refractivity contribution in [3.05, 3.63) is 88.4 Å². The second-order valence-electron chi connectivity index (χ2n) is 6.13. The Hall–Kier alpha value is -2.82. The molecular weight excluding hydrogens is 383 g/mol. The third-order valence-corrected chi connectivity index (χ3v) is 5.08. The first kappa shape index (κ1) is 17.6. The van der Waals surface area contributed by atoms with Crippen LogP contribution in [-0.2, 0) is 6.54 Å². The van der Waals surface area contributed by atoms with Crippen LogP contribution in [0.2, 0.25) is 10.0 Å². The van der Waals surface area contributed by atoms with Gasteiger partial charge in [-0.25, -0.2) is 0 Å². The zero-order valence-electron chi connectivity index (χ0n) is 14.2. The molecule has 4 aromatic rings. The fourth-order valence-corrected chi connectivity index (χ4v) is 3.44. The zero-order valence-corrected chi connectivity index (χ0v) is 15.7. The molecule has 0 aliphatic heterocycles. The Morgan fingerprint density at radius 3 is 2.19 bits per heavy atom. The number of benzene rings is 3. The number of para-hydroxylation sites is 1. The average molecular weight is 399 g/mol. The highest BCUT2D eigenvalue weighted by molar-refractivity contribution is 6.31. The maximum atomic E-state index is 11.0. The number of rotatable bonds is 3. The fraction of sp³-hybridized carbons (Fsp3) is 0.0476. The molecule has 0 saturated heterocycles. The van der Waals surface area contributed by atoms with Crippen LogP contribution < -0.4 is 9.13 Å². The number of fused-ring (bicyclic) bond motifs is 1. The molecule has 0 atom stereocenters. The highest BCUT2D eigenvalue weighted by atomic mass is 35.5. The molecule has 4 nitrogen and oxygen atoms in total. The Labute approximate surface area is 166 Å². The van der Waals surface area contributed by atoms with Crippen LogP contribution >= 0.6 is 23.2 Å². The monoisotopic (exact) mass is 398 g/mol. The summed E-state index contributed by atoms with van der Waals surface area (Å²) in [6.07, 6.45) is 0. The lowest BCUT2D eigenvalue weighted by Gasteiger charge is -2.06. The fourth-order valence-electron chi connectivity index (χ4n) is 3.12. The topological polar surface area (TPSA) is 48.2 Å². The predicted molar refractivity (Wildman–Crippen MR) is 105 cm³/mol. The average Bonchev–Trinajstić information content (AvgIpc) is 2.68. The highest BCUT2D eigenvalue weighted by Gasteiger charge is 2.35. The first-order valence-electron chi connectivity index (χ1n) is 8.34. The second-order valence-corrected chi connectivity index (χ2v) is 6.97. The van der Waals surface area contributed by atoms with Gasteiger partial charge in [-0.1, -0.05) is 58.1 Å². The summed E-state index contributed by atoms with van der Waals surface area (Å²) >= 11 is 12.3. The molecule has 0 fully saturated rings. The van der Waals surface area contributed by atoms with Gasteiger partial charge in [-0.05, 0) is 28.8 Å². The molecule has 0 amide bonds. The van der Waals surface area contributed by atoms with Crippen molar-refractivity contribution >= 4 is 34.1 Å². The van der Waals surface area contributed by atoms with Gasteiger partial charge in [-0.3, -0.25) is 0 Å². The zero-order chi connectivity index (χ0) is 19.0. The number of halogens is 2. The van der Waals surface area contributed by atoms with E-state index in [1.807, 2.05) is 42.5 Å². The van der Waals surface area contributed by atoms with Gasteiger partial charge in [0.1, 0.15) is 0 Å². The molecule has 0 unspecified atom stereocenters. The minimum absolute atomic E-state index is 0.0548. The summed E-state index contributed by atoms with van der Waals surface area (Å²) in [4.78, 5) is 0. The molecule has 0 aliphatic rings. The van der Waals surface area contributed by atoms with Gasteiger partial charge in [0.2, 0.25) is 11.2 Å². The van der Waals surface area contributed by atoms with E-state index in [-0.39, 0.29) is 11.9 Å². The lowest BCUT2D eigenvalue weighted by atomic mass is 10.2. The summed E-state index contributed by atoms with van der Waals surface area (Å²) < 4.78 is 3.10. The Bertz CT molecular complexity index is 1140. The number of nitrogens with zero attached hydrogens (tertiary/aromatic N) is 2. The molecule has 0 saturated carbocycles. The molecule has 4 rings (SSSR count). The maximum Gasteiger partial charge on any atom is 0.638 e. The third-order valence-electron chi connectivity index (χ3n) is 4.46. The van der Waals surface area contributed by atoms with Crippen molar-refractivity contribution in [2.24, 2.45) is 0 Å². The van der Waals surface area contributed by atoms with Gasteiger partial charge in [0.05, 0.1) is 5.02 Å². The maximum absolute atomic E-state index is 11.0. The van der Waals surface area contributed by atoms with Crippen molar-refractivity contribution in [3.8, 4) is 17.6 Å². The van der Waals surface area contributed by atoms with Crippen LogP contribution in [0.25, 0.3) is 16.6 Å². The van der Waals surface area contributed by atoms with Gasteiger partial charge in [-0.2, -0.15) is 0 Å². The summed E-state index contributed by atoms with van der Waals surface area (Å²) in [5.41, 5.74) is 2.14. The Morgan fingerprint density at radius 1 is 0.778 bits per heavy atom. The first-order valence-corrected chi connectivity index (χ1v) is 9.09. The lowest BCUT2D eigenvalue weighted by molar-refractivity contribution is -0.776. The van der Waals surface area contributed by atoms with Gasteiger partial charge in [0.25, 0.3) is 0 Å². The summed E-state index contributed by atoms with van der Waals surface area (Å²) in [7, 11) is 0. The number of aromatic hydroxyl groups is 2. The molecular formula is C21H16Cl2N2O2+2. The SMILES string of the molecule is Oc1c2ccccc2[n+](Cc2ccccc2Cl)c(O)[n+]1-c1ccc(Cl)cc1. The summed E-state index contributed by atoms with van der Waals surface area (Å²) in [6.45, 7) is 0.347. The molecule has 0 radical (unpaired) electrons. The summed E-state index contributed by atoms with van der Waals surface area (Å²) in [5.74, 6) is -0.0548. The Balaban J connectivity index is 2.00. The quantitative estimate of drug-likeness (QED) is 0.508. The van der Waals surface area contributed by atoms with Crippen molar-refractivity contribution in [3.63, 3.8) is 0 Å². The second kappa shape index (κ2) is 7.06. The molecule has 1 aromatic heterocycles. The van der Waals surface area contributed by atoms with E-state index in [4.69, 9.17) is 23.2 Å². The van der Waals surface area contributed by atoms with Gasteiger partial charge >= 0.3 is 11.9 Å². The molecule has 3 aromatic carbocycles. The van der Waals surface area contributed by atoms with Crippen molar-refractivity contribution in [2.45, 2.75) is 6.54 Å². The smallest absolute Gasteiger partial charge is 0.459 e. The Morgan fingerprint density at radius 2 is 1.44 bits per heavy atom. The van der Waals surface area contributed by atoms with Crippen LogP contribution in [-0.4, -0.2) is 10.2 Å². The minimum atomic E-state index is -0.117. The van der Waals surface area contributed by atoms with Crippen molar-refractivity contribution < 1.29 is 19.3 Å². The van der Waals surface area contributed by atoms with Crippen molar-refractivity contribution in [1.29, 1.82) is 0 Å². The van der Waals surface area contributed by atoms with E-state index in [0.29, 0.717) is 33.2 Å². The lowest BCUT2D eigenvalue weighted by Crippen LogP contribution is -2.47. The minimum Gasteiger partial charge on any atom is -0.459 e. The van der Waals surface area contributed by atoms with Crippen LogP contribution in [0.15, 0.2) is 72.8 Å². The van der Waals surface area contributed by atoms with Crippen molar-refractivity contribution in [2.75, 3.05) is 0 Å². The number of hydrogen-bond acceptors (Lipinski definition) is 2. The number of aromatic nitrogens is 2. The normalized spacial score (nSPS) is 11.0. The van der Waals surface area contributed by atoms with Crippen molar-refractivity contribution in [1.82, 2.24) is 0 Å². The van der Waals surface area contributed by atoms with E-state index in [2.05, 4.69) is 0 Å². The molecule has 2 N–H and O–H groups in total. The predicted octanol–water partition coefficient (Wildman–Crippen LogP) is 4.17. The van der Waals surface area contributed by atoms with Crippen LogP contribution in [0.4, 0.5) is 0 Å². The molecule has 0 aliphatic carbocycles. The van der Waals surface area contributed by atoms with E-state index in [1.165, 1.54) is 4.57 Å². The standard InChI is InChI=1S/C21H14Cl2N2O2/c22-15-9-11-16(12-10-15)25-20(26)17-6-2-4-8-19(17)24(21(25)27)13-14-5-1-3-7-18(14)23/h1-12H,13H2/p+2. The van der Waals surface area contributed by atoms with E-state index in [1.54, 1.807) is 34.9 Å². The molecule has 134 valence electrons. The Kier molecular flexibility index (Phi) is 4.60. The van der Waals surface area contributed by atoms with E-state index in [9.17, 15) is 10.2 Å². The van der Waals surface area contributed by atoms with Gasteiger partial charge in [0.15, 0.2) is 11.9 Å². The largest absolute Gasteiger partial charge is 0.638 e. The first-order chi connectivity index (χ1) is 13.1. The van der Waals surface area contributed by atoms with E-state index in [0.717, 1.165) is 5.56 Å². The van der Waals surface area contributed by atoms with Crippen LogP contribution in [0.5, 0.6) is 11.9 Å². The van der Waals surface area contributed by atoms with E-state index < -0.39 is 0 Å². The molecule has 27 heavy (non-hydrogen) atoms. The van der Waals surface area contributed by atoms with Crippen LogP contribution in [0.1, 0.15) is 5.56 Å². The third kappa shape index (κ3) is 3.18. The van der Waals surface area contributed by atoms with Crippen LogP contribution in [0, 0.1) is 0 Å². The van der Waals surface area contributed by atoms with Gasteiger partial charge < -0.3 is 10.2 Å². The van der Waals surface area contributed by atoms with Gasteiger partial charge in [-0.15, -0.1) is 0 Å². The summed E-state index contributed by atoms with van der Waals surface area (Å²) in [6, 6.07) is 21.6. The van der Waals surface area contributed by atoms with E-state index >= 15 is 0 Å². The summed E-state index contributed by atoms with van der Waals surface area (Å²) in [5, 5.41) is 23.7. The molecule has 6 heteroatoms. The molecule has 0 spiro atoms. The van der Waals surface area contributed by atoms with Gasteiger partial charge in [0, 0.05) is 28.8 Å². The highest BCUT2D eigenvalue weighted by Crippen LogP contribution is 2.24. The van der Waals surface area contributed by atoms with Crippen LogP contribution in [0.3, 0.4) is 0 Å². The molecule has 0 bridgehead atoms.